The zero-order chi connectivity index (χ0) is 25.2. The minimum Gasteiger partial charge on any atom is -0.508 e. The smallest absolute Gasteiger partial charge is 0.338 e. The number of ether oxygens (including phenoxy) is 2. The van der Waals surface area contributed by atoms with Crippen molar-refractivity contribution in [3.63, 3.8) is 0 Å². The first-order valence-electron chi connectivity index (χ1n) is 9.52. The first-order valence-corrected chi connectivity index (χ1v) is 9.52. The second kappa shape index (κ2) is 9.32. The predicted octanol–water partition coefficient (Wildman–Crippen LogP) is 3.31. The fraction of sp³-hybridized carbons (Fsp3) is 0.136. The van der Waals surface area contributed by atoms with Gasteiger partial charge in [-0.3, -0.25) is 0 Å². The molecule has 12 heteroatoms. The van der Waals surface area contributed by atoms with Crippen LogP contribution in [0.2, 0.25) is 0 Å². The number of aromatic hydroxyl groups is 7. The van der Waals surface area contributed by atoms with Gasteiger partial charge < -0.3 is 45.2 Å². The van der Waals surface area contributed by atoms with Gasteiger partial charge in [0.15, 0.2) is 29.0 Å². The predicted molar refractivity (Wildman–Crippen MR) is 115 cm³/mol. The lowest BCUT2D eigenvalue weighted by Crippen LogP contribution is -2.18. The molecular weight excluding hydrogens is 454 g/mol. The summed E-state index contributed by atoms with van der Waals surface area (Å²) in [5, 5.41) is 70.9. The molecule has 0 aliphatic heterocycles. The second-order valence-corrected chi connectivity index (χ2v) is 7.16. The Balaban J connectivity index is 1.93. The van der Waals surface area contributed by atoms with Gasteiger partial charge in [0.05, 0.1) is 5.56 Å². The Labute approximate surface area is 191 Å². The number of hydrogen-bond acceptors (Lipinski definition) is 12. The molecule has 0 aliphatic carbocycles. The molecule has 3 aromatic rings. The zero-order valence-electron chi connectivity index (χ0n) is 17.5. The number of nitroso groups, excluding NO2 is 1. The summed E-state index contributed by atoms with van der Waals surface area (Å²) in [6, 6.07) is 6.02. The number of phenols is 7. The number of carbonyl (C=O) groups is 1. The molecule has 0 bridgehead atoms. The van der Waals surface area contributed by atoms with Gasteiger partial charge in [-0.15, -0.1) is 4.91 Å². The first kappa shape index (κ1) is 23.8. The average Bonchev–Trinajstić information content (AvgIpc) is 2.77. The third kappa shape index (κ3) is 4.80. The Bertz CT molecular complexity index is 1230. The van der Waals surface area contributed by atoms with E-state index in [0.717, 1.165) is 30.3 Å². The molecule has 0 saturated heterocycles. The van der Waals surface area contributed by atoms with Gasteiger partial charge in [0.2, 0.25) is 0 Å². The molecule has 0 radical (unpaired) electrons. The summed E-state index contributed by atoms with van der Waals surface area (Å²) in [6.45, 7) is 0.903. The maximum atomic E-state index is 12.5. The second-order valence-electron chi connectivity index (χ2n) is 7.16. The van der Waals surface area contributed by atoms with Gasteiger partial charge in [-0.2, -0.15) is 0 Å². The average molecular weight is 473 g/mol. The summed E-state index contributed by atoms with van der Waals surface area (Å²) < 4.78 is 10.9. The van der Waals surface area contributed by atoms with Crippen LogP contribution in [0, 0.1) is 11.8 Å². The fourth-order valence-corrected chi connectivity index (χ4v) is 2.99. The molecule has 0 heterocycles. The lowest BCUT2D eigenvalue weighted by molar-refractivity contribution is 0.0305. The molecule has 3 aromatic carbocycles. The monoisotopic (exact) mass is 473 g/mol. The van der Waals surface area contributed by atoms with Crippen molar-refractivity contribution in [2.24, 2.45) is 5.18 Å². The topological polar surface area (TPSA) is 207 Å². The lowest BCUT2D eigenvalue weighted by Gasteiger charge is -2.22. The Kier molecular flexibility index (Phi) is 6.52. The van der Waals surface area contributed by atoms with E-state index < -0.39 is 53.1 Å². The van der Waals surface area contributed by atoms with Crippen LogP contribution in [0.25, 0.3) is 0 Å². The van der Waals surface area contributed by atoms with Crippen molar-refractivity contribution < 1.29 is 50.0 Å². The van der Waals surface area contributed by atoms with E-state index in [4.69, 9.17) is 9.47 Å². The van der Waals surface area contributed by atoms with Crippen LogP contribution in [-0.4, -0.2) is 48.3 Å². The Hall–Kier alpha value is -4.87. The number of carbonyl (C=O) groups excluding carboxylic acids is 1. The Morgan fingerprint density at radius 3 is 2.00 bits per heavy atom. The number of nitrogens with zero attached hydrogens (tertiary/aromatic N) is 1. The molecule has 7 N–H and O–H groups in total. The van der Waals surface area contributed by atoms with Gasteiger partial charge >= 0.3 is 5.97 Å². The van der Waals surface area contributed by atoms with E-state index in [0.29, 0.717) is 0 Å². The molecule has 12 nitrogen and oxygen atoms in total. The summed E-state index contributed by atoms with van der Waals surface area (Å²) in [4.78, 5) is 23.1. The van der Waals surface area contributed by atoms with Crippen LogP contribution in [-0.2, 0) is 4.74 Å². The minimum absolute atomic E-state index is 0.0256. The molecule has 1 unspecified atom stereocenters. The minimum atomic E-state index is -1.25. The van der Waals surface area contributed by atoms with E-state index in [1.165, 1.54) is 13.0 Å². The fourth-order valence-electron chi connectivity index (χ4n) is 2.99. The van der Waals surface area contributed by atoms with Crippen molar-refractivity contribution in [3.8, 4) is 46.0 Å². The molecule has 34 heavy (non-hydrogen) atoms. The van der Waals surface area contributed by atoms with E-state index in [9.17, 15) is 45.4 Å². The van der Waals surface area contributed by atoms with Crippen LogP contribution < -0.4 is 4.74 Å². The van der Waals surface area contributed by atoms with E-state index in [1.807, 2.05) is 0 Å². The van der Waals surface area contributed by atoms with Crippen LogP contribution >= 0.6 is 0 Å². The van der Waals surface area contributed by atoms with Gasteiger partial charge in [-0.1, -0.05) is 0 Å². The molecule has 0 aliphatic rings. The van der Waals surface area contributed by atoms with Crippen molar-refractivity contribution in [2.45, 2.75) is 13.0 Å². The molecule has 3 rings (SSSR count). The molecule has 178 valence electrons. The van der Waals surface area contributed by atoms with Crippen molar-refractivity contribution in [1.29, 1.82) is 0 Å². The summed E-state index contributed by atoms with van der Waals surface area (Å²) in [5.41, 5.74) is -0.738. The number of benzene rings is 3. The largest absolute Gasteiger partial charge is 0.508 e. The van der Waals surface area contributed by atoms with E-state index in [1.54, 1.807) is 0 Å². The zero-order valence-corrected chi connectivity index (χ0v) is 17.5. The molecule has 1 atom stereocenters. The van der Waals surface area contributed by atoms with Gasteiger partial charge in [-0.25, -0.2) is 4.79 Å². The lowest BCUT2D eigenvalue weighted by atomic mass is 10.1. The summed E-state index contributed by atoms with van der Waals surface area (Å²) in [7, 11) is 0. The SMILES string of the molecule is Cc1c(O)cc(O)cc1OC(COC(=O)c1cc(O)c(N=O)c(O)c1)c1cc(O)c(O)c(O)c1. The molecule has 0 fully saturated rings. The molecule has 0 amide bonds. The number of esters is 1. The van der Waals surface area contributed by atoms with Crippen LogP contribution in [0.5, 0.6) is 46.0 Å². The van der Waals surface area contributed by atoms with Gasteiger partial charge in [0, 0.05) is 23.3 Å². The van der Waals surface area contributed by atoms with Crippen molar-refractivity contribution >= 4 is 11.7 Å². The third-order valence-corrected chi connectivity index (χ3v) is 4.81. The molecular formula is C22H19NO11. The number of rotatable bonds is 7. The molecule has 0 aromatic heterocycles. The summed E-state index contributed by atoms with van der Waals surface area (Å²) in [6.07, 6.45) is -1.25. The van der Waals surface area contributed by atoms with Crippen LogP contribution in [0.4, 0.5) is 5.69 Å². The van der Waals surface area contributed by atoms with Crippen LogP contribution in [0.15, 0.2) is 41.6 Å². The Morgan fingerprint density at radius 2 is 1.44 bits per heavy atom. The number of phenolic OH excluding ortho intramolecular Hbond substituents is 7. The third-order valence-electron chi connectivity index (χ3n) is 4.81. The van der Waals surface area contributed by atoms with E-state index >= 15 is 0 Å². The highest BCUT2D eigenvalue weighted by molar-refractivity contribution is 5.91. The normalized spacial score (nSPS) is 11.6. The Morgan fingerprint density at radius 1 is 0.853 bits per heavy atom. The molecule has 0 spiro atoms. The summed E-state index contributed by atoms with van der Waals surface area (Å²) in [5.74, 6) is -5.41. The standard InChI is InChI=1S/C22H19NO11/c1-9-13(25)6-12(24)7-18(9)34-19(10-2-16(28)21(30)17(29)3-10)8-33-22(31)11-4-14(26)20(23-32)15(27)5-11/h2-7,19,24-30H,8H2,1H3. The molecule has 0 saturated carbocycles. The quantitative estimate of drug-likeness (QED) is 0.150. The van der Waals surface area contributed by atoms with Gasteiger partial charge in [0.25, 0.3) is 0 Å². The van der Waals surface area contributed by atoms with Crippen LogP contribution in [0.1, 0.15) is 27.6 Å². The van der Waals surface area contributed by atoms with Crippen molar-refractivity contribution in [1.82, 2.24) is 0 Å². The highest BCUT2D eigenvalue weighted by Gasteiger charge is 2.23. The van der Waals surface area contributed by atoms with Gasteiger partial charge in [-0.05, 0) is 36.4 Å². The van der Waals surface area contributed by atoms with E-state index in [2.05, 4.69) is 5.18 Å². The van der Waals surface area contributed by atoms with Crippen LogP contribution in [0.3, 0.4) is 0 Å². The first-order chi connectivity index (χ1) is 16.0. The maximum Gasteiger partial charge on any atom is 0.338 e. The van der Waals surface area contributed by atoms with Gasteiger partial charge in [0.1, 0.15) is 35.4 Å². The van der Waals surface area contributed by atoms with Crippen molar-refractivity contribution in [2.75, 3.05) is 6.61 Å². The van der Waals surface area contributed by atoms with E-state index in [-0.39, 0.29) is 33.9 Å². The summed E-state index contributed by atoms with van der Waals surface area (Å²) >= 11 is 0. The highest BCUT2D eigenvalue weighted by atomic mass is 16.6. The number of hydrogen-bond donors (Lipinski definition) is 7. The highest BCUT2D eigenvalue weighted by Crippen LogP contribution is 2.40. The maximum absolute atomic E-state index is 12.5. The van der Waals surface area contributed by atoms with Crippen molar-refractivity contribution in [3.05, 3.63) is 58.0 Å².